The number of ether oxygens (including phenoxy) is 2. The van der Waals surface area contributed by atoms with Crippen LogP contribution in [0.4, 0.5) is 0 Å². The van der Waals surface area contributed by atoms with Crippen molar-refractivity contribution in [1.82, 2.24) is 4.98 Å². The maximum atomic E-state index is 11.2. The molecule has 2 N–H and O–H groups in total. The molecule has 2 heterocycles. The fourth-order valence-corrected chi connectivity index (χ4v) is 6.43. The Labute approximate surface area is 233 Å². The van der Waals surface area contributed by atoms with Crippen molar-refractivity contribution in [3.8, 4) is 23.5 Å². The topological polar surface area (TPSA) is 88.9 Å². The normalized spacial score (nSPS) is 15.9. The maximum Gasteiger partial charge on any atom is 0.304 e. The van der Waals surface area contributed by atoms with Crippen molar-refractivity contribution in [1.29, 1.82) is 0 Å². The van der Waals surface area contributed by atoms with Gasteiger partial charge in [-0.25, -0.2) is 4.98 Å². The van der Waals surface area contributed by atoms with Gasteiger partial charge in [0.15, 0.2) is 0 Å². The number of benzene rings is 2. The van der Waals surface area contributed by atoms with Gasteiger partial charge >= 0.3 is 5.97 Å². The first-order chi connectivity index (χ1) is 18.6. The number of aryl methyl sites for hydroxylation is 1. The van der Waals surface area contributed by atoms with Crippen LogP contribution in [0.15, 0.2) is 71.1 Å². The summed E-state index contributed by atoms with van der Waals surface area (Å²) in [6, 6.07) is 18.2. The fourth-order valence-electron chi connectivity index (χ4n) is 4.43. The molecule has 39 heavy (non-hydrogen) atoms. The predicted octanol–water partition coefficient (Wildman–Crippen LogP) is 6.31. The SMILES string of the molecule is CC#C[C@@H](CC(=O)O)c1ccc(OC[SH]2C=C(c3ccc(OCCC(C)(C)O)cc3C)c3ccccc32)nc1. The summed E-state index contributed by atoms with van der Waals surface area (Å²) in [5.41, 5.74) is 4.70. The van der Waals surface area contributed by atoms with Crippen molar-refractivity contribution in [2.24, 2.45) is 0 Å². The molecule has 0 radical (unpaired) electrons. The quantitative estimate of drug-likeness (QED) is 0.193. The number of pyridine rings is 1. The molecule has 4 rings (SSSR count). The van der Waals surface area contributed by atoms with Crippen LogP contribution in [0.2, 0.25) is 0 Å². The Bertz CT molecular complexity index is 1410. The van der Waals surface area contributed by atoms with Crippen LogP contribution < -0.4 is 9.47 Å². The Kier molecular flexibility index (Phi) is 9.01. The van der Waals surface area contributed by atoms with Gasteiger partial charge in [0, 0.05) is 23.6 Å². The van der Waals surface area contributed by atoms with Crippen LogP contribution >= 0.6 is 10.9 Å². The number of aliphatic carboxylic acids is 1. The van der Waals surface area contributed by atoms with Crippen molar-refractivity contribution in [2.45, 2.75) is 57.0 Å². The van der Waals surface area contributed by atoms with E-state index in [1.54, 1.807) is 33.0 Å². The number of carboxylic acids is 1. The Hall–Kier alpha value is -3.73. The summed E-state index contributed by atoms with van der Waals surface area (Å²) in [6.45, 7) is 7.81. The van der Waals surface area contributed by atoms with Crippen molar-refractivity contribution in [3.05, 3.63) is 88.5 Å². The molecule has 2 aromatic carbocycles. The second-order valence-electron chi connectivity index (χ2n) is 10.2. The summed E-state index contributed by atoms with van der Waals surface area (Å²) < 4.78 is 12.0. The van der Waals surface area contributed by atoms with E-state index < -0.39 is 28.4 Å². The molecule has 7 heteroatoms. The Balaban J connectivity index is 1.48. The van der Waals surface area contributed by atoms with Crippen LogP contribution in [0.25, 0.3) is 5.57 Å². The molecule has 0 saturated carbocycles. The summed E-state index contributed by atoms with van der Waals surface area (Å²) in [5.74, 6) is 6.25. The first-order valence-electron chi connectivity index (χ1n) is 12.9. The van der Waals surface area contributed by atoms with Gasteiger partial charge in [0.05, 0.1) is 24.5 Å². The van der Waals surface area contributed by atoms with Crippen LogP contribution in [-0.4, -0.2) is 39.3 Å². The molecule has 0 bridgehead atoms. The number of carbonyl (C=O) groups is 1. The van der Waals surface area contributed by atoms with Crippen molar-refractivity contribution in [3.63, 3.8) is 0 Å². The number of hydrogen-bond acceptors (Lipinski definition) is 5. The van der Waals surface area contributed by atoms with Crippen LogP contribution in [0.5, 0.6) is 11.6 Å². The van der Waals surface area contributed by atoms with E-state index in [1.807, 2.05) is 18.2 Å². The minimum Gasteiger partial charge on any atom is -0.493 e. The molecule has 0 spiro atoms. The molecule has 204 valence electrons. The fraction of sp³-hybridized carbons (Fsp3) is 0.312. The molecule has 0 aliphatic carbocycles. The lowest BCUT2D eigenvalue weighted by molar-refractivity contribution is -0.137. The Morgan fingerprint density at radius 2 is 1.90 bits per heavy atom. The highest BCUT2D eigenvalue weighted by atomic mass is 32.2. The van der Waals surface area contributed by atoms with Crippen molar-refractivity contribution >= 4 is 22.4 Å². The smallest absolute Gasteiger partial charge is 0.304 e. The largest absolute Gasteiger partial charge is 0.493 e. The zero-order valence-corrected chi connectivity index (χ0v) is 23.7. The van der Waals surface area contributed by atoms with Crippen molar-refractivity contribution < 1.29 is 24.5 Å². The van der Waals surface area contributed by atoms with Gasteiger partial charge in [0.25, 0.3) is 0 Å². The van der Waals surface area contributed by atoms with Gasteiger partial charge in [-0.3, -0.25) is 4.79 Å². The number of aromatic nitrogens is 1. The monoisotopic (exact) mass is 545 g/mol. The number of thiol groups is 1. The van der Waals surface area contributed by atoms with Crippen LogP contribution in [0.3, 0.4) is 0 Å². The van der Waals surface area contributed by atoms with Crippen LogP contribution in [0.1, 0.15) is 61.8 Å². The average molecular weight is 546 g/mol. The summed E-state index contributed by atoms with van der Waals surface area (Å²) in [4.78, 5) is 16.9. The summed E-state index contributed by atoms with van der Waals surface area (Å²) in [5, 5.41) is 21.4. The molecule has 0 amide bonds. The number of carboxylic acid groups (broad SMARTS) is 1. The molecule has 3 aromatic rings. The second kappa shape index (κ2) is 12.4. The minimum atomic E-state index is -0.892. The third-order valence-corrected chi connectivity index (χ3v) is 8.46. The highest BCUT2D eigenvalue weighted by molar-refractivity contribution is 8.20. The van der Waals surface area contributed by atoms with Crippen molar-refractivity contribution in [2.75, 3.05) is 12.5 Å². The molecule has 6 nitrogen and oxygen atoms in total. The standard InChI is InChI=1S/C32H35NO5S/c1-5-8-23(18-31(34)35)24-11-14-30(33-19-24)38-21-39-20-28(27-9-6-7-10-29(27)39)26-13-12-25(17-22(26)2)37-16-15-32(3,4)36/h6-7,9-14,17,19-20,23,36,39H,15-16,18,21H2,1-4H3,(H,34,35)/t23-/m0/s1. The summed E-state index contributed by atoms with van der Waals surface area (Å²) >= 11 is 0. The van der Waals surface area contributed by atoms with E-state index in [2.05, 4.69) is 59.5 Å². The van der Waals surface area contributed by atoms with Gasteiger partial charge in [-0.1, -0.05) is 36.3 Å². The molecule has 2 atom stereocenters. The van der Waals surface area contributed by atoms with E-state index in [9.17, 15) is 15.0 Å². The molecular formula is C32H35NO5S. The predicted molar refractivity (Wildman–Crippen MR) is 157 cm³/mol. The summed E-state index contributed by atoms with van der Waals surface area (Å²) in [7, 11) is -0.711. The van der Waals surface area contributed by atoms with E-state index >= 15 is 0 Å². The Morgan fingerprint density at radius 1 is 1.10 bits per heavy atom. The number of nitrogens with zero attached hydrogens (tertiary/aromatic N) is 1. The number of fused-ring (bicyclic) bond motifs is 1. The third-order valence-electron chi connectivity index (χ3n) is 6.47. The van der Waals surface area contributed by atoms with Gasteiger partial charge < -0.3 is 19.7 Å². The first kappa shape index (κ1) is 28.3. The van der Waals surface area contributed by atoms with E-state index in [0.29, 0.717) is 24.8 Å². The number of aliphatic hydroxyl groups is 1. The lowest BCUT2D eigenvalue weighted by atomic mass is 9.96. The average Bonchev–Trinajstić information content (AvgIpc) is 3.25. The van der Waals surface area contributed by atoms with Crippen LogP contribution in [-0.2, 0) is 4.79 Å². The van der Waals surface area contributed by atoms with Gasteiger partial charge in [0.1, 0.15) is 11.7 Å². The molecule has 1 aliphatic rings. The highest BCUT2D eigenvalue weighted by Crippen LogP contribution is 2.52. The lowest BCUT2D eigenvalue weighted by Crippen LogP contribution is -2.21. The number of rotatable bonds is 11. The van der Waals surface area contributed by atoms with E-state index in [4.69, 9.17) is 9.47 Å². The third kappa shape index (κ3) is 7.44. The van der Waals surface area contributed by atoms with E-state index in [1.165, 1.54) is 16.0 Å². The second-order valence-corrected chi connectivity index (χ2v) is 12.1. The molecular weight excluding hydrogens is 510 g/mol. The molecule has 1 aliphatic heterocycles. The lowest BCUT2D eigenvalue weighted by Gasteiger charge is -2.17. The zero-order chi connectivity index (χ0) is 28.0. The van der Waals surface area contributed by atoms with Crippen LogP contribution in [0, 0.1) is 18.8 Å². The number of hydrogen-bond donors (Lipinski definition) is 3. The molecule has 1 aromatic heterocycles. The van der Waals surface area contributed by atoms with E-state index in [-0.39, 0.29) is 6.42 Å². The zero-order valence-electron chi connectivity index (χ0n) is 22.8. The molecule has 0 saturated heterocycles. The van der Waals surface area contributed by atoms with Gasteiger partial charge in [-0.2, -0.15) is 10.9 Å². The molecule has 0 fully saturated rings. The van der Waals surface area contributed by atoms with Gasteiger partial charge in [-0.05, 0) is 79.1 Å². The van der Waals surface area contributed by atoms with E-state index in [0.717, 1.165) is 22.4 Å². The maximum absolute atomic E-state index is 11.2. The molecule has 1 unspecified atom stereocenters. The Morgan fingerprint density at radius 3 is 2.56 bits per heavy atom. The summed E-state index contributed by atoms with van der Waals surface area (Å²) in [6.07, 6.45) is 2.15. The highest BCUT2D eigenvalue weighted by Gasteiger charge is 2.23. The van der Waals surface area contributed by atoms with Gasteiger partial charge in [0.2, 0.25) is 5.88 Å². The first-order valence-corrected chi connectivity index (χ1v) is 14.5. The minimum absolute atomic E-state index is 0.0638. The van der Waals surface area contributed by atoms with Gasteiger partial charge in [-0.15, -0.1) is 5.92 Å².